The molecule has 1 rings (SSSR count). The first kappa shape index (κ1) is 13.3. The Kier molecular flexibility index (Phi) is 5.08. The van der Waals surface area contributed by atoms with Crippen molar-refractivity contribution in [1.29, 1.82) is 0 Å². The summed E-state index contributed by atoms with van der Waals surface area (Å²) in [5.41, 5.74) is 0. The van der Waals surface area contributed by atoms with Crippen LogP contribution in [0.5, 0.6) is 0 Å². The Bertz CT molecular complexity index is 238. The maximum Gasteiger partial charge on any atom is 0.452 e. The van der Waals surface area contributed by atoms with Crippen LogP contribution in [0.3, 0.4) is 0 Å². The molecule has 0 aromatic rings. The van der Waals surface area contributed by atoms with Crippen LogP contribution in [0.25, 0.3) is 0 Å². The number of aliphatic hydroxyl groups excluding tert-OH is 1. The zero-order valence-electron chi connectivity index (χ0n) is 8.79. The highest BCUT2D eigenvalue weighted by molar-refractivity contribution is 5.02. The van der Waals surface area contributed by atoms with E-state index in [1.54, 1.807) is 0 Å². The van der Waals surface area contributed by atoms with Gasteiger partial charge in [-0.15, -0.1) is 0 Å². The first-order chi connectivity index (χ1) is 7.54. The summed E-state index contributed by atoms with van der Waals surface area (Å²) in [5.74, 6) is -1.07. The van der Waals surface area contributed by atoms with Gasteiger partial charge >= 0.3 is 6.18 Å². The molecule has 94 valence electrons. The summed E-state index contributed by atoms with van der Waals surface area (Å²) in [4.78, 5) is 8.85. The summed E-state index contributed by atoms with van der Waals surface area (Å²) >= 11 is 0. The van der Waals surface area contributed by atoms with E-state index < -0.39 is 11.9 Å². The molecule has 1 aliphatic heterocycles. The number of allylic oxidation sites excluding steroid dienone is 1. The predicted molar refractivity (Wildman–Crippen MR) is 50.3 cm³/mol. The van der Waals surface area contributed by atoms with Crippen LogP contribution in [0.4, 0.5) is 13.2 Å². The molecule has 1 atom stereocenters. The average molecular weight is 240 g/mol. The molecule has 0 bridgehead atoms. The van der Waals surface area contributed by atoms with E-state index in [0.29, 0.717) is 12.8 Å². The summed E-state index contributed by atoms with van der Waals surface area (Å²) in [6.07, 6.45) is -0.560. The maximum atomic E-state index is 12.1. The van der Waals surface area contributed by atoms with Crippen LogP contribution in [0.1, 0.15) is 32.1 Å². The second-order valence-electron chi connectivity index (χ2n) is 3.68. The molecule has 1 unspecified atom stereocenters. The van der Waals surface area contributed by atoms with Crippen molar-refractivity contribution in [2.24, 2.45) is 0 Å². The third-order valence-electron chi connectivity index (χ3n) is 2.30. The number of unbranched alkanes of at least 4 members (excludes halogenated alkanes) is 2. The number of rotatable bonds is 5. The van der Waals surface area contributed by atoms with Gasteiger partial charge in [0.05, 0.1) is 0 Å². The second-order valence-corrected chi connectivity index (χ2v) is 3.68. The molecule has 1 N–H and O–H groups in total. The number of aliphatic hydroxyl groups is 1. The SMILES string of the molecule is OCCCCCC1CC=C(C(F)(F)F)OO1. The van der Waals surface area contributed by atoms with Crippen molar-refractivity contribution in [3.05, 3.63) is 11.8 Å². The second kappa shape index (κ2) is 6.10. The molecule has 0 radical (unpaired) electrons. The van der Waals surface area contributed by atoms with Crippen molar-refractivity contribution in [2.75, 3.05) is 6.61 Å². The summed E-state index contributed by atoms with van der Waals surface area (Å²) in [6.45, 7) is 0.139. The van der Waals surface area contributed by atoms with E-state index in [-0.39, 0.29) is 19.1 Å². The fourth-order valence-corrected chi connectivity index (χ4v) is 1.42. The van der Waals surface area contributed by atoms with Crippen molar-refractivity contribution in [3.63, 3.8) is 0 Å². The molecular weight excluding hydrogens is 225 g/mol. The van der Waals surface area contributed by atoms with Gasteiger partial charge in [-0.1, -0.05) is 12.8 Å². The average Bonchev–Trinajstić information content (AvgIpc) is 2.24. The molecular formula is C10H15F3O3. The Morgan fingerprint density at radius 2 is 2.06 bits per heavy atom. The summed E-state index contributed by atoms with van der Waals surface area (Å²) in [5, 5.41) is 8.54. The van der Waals surface area contributed by atoms with Crippen molar-refractivity contribution >= 4 is 0 Å². The monoisotopic (exact) mass is 240 g/mol. The normalized spacial score (nSPS) is 21.5. The minimum atomic E-state index is -4.47. The Labute approximate surface area is 91.8 Å². The third kappa shape index (κ3) is 4.40. The fourth-order valence-electron chi connectivity index (χ4n) is 1.42. The van der Waals surface area contributed by atoms with Gasteiger partial charge in [-0.2, -0.15) is 18.1 Å². The lowest BCUT2D eigenvalue weighted by atomic mass is 10.1. The maximum absolute atomic E-state index is 12.1. The summed E-state index contributed by atoms with van der Waals surface area (Å²) in [6, 6.07) is 0. The van der Waals surface area contributed by atoms with Crippen LogP contribution >= 0.6 is 0 Å². The highest BCUT2D eigenvalue weighted by atomic mass is 19.4. The van der Waals surface area contributed by atoms with E-state index >= 15 is 0 Å². The molecule has 1 aliphatic rings. The highest BCUT2D eigenvalue weighted by Crippen LogP contribution is 2.31. The largest absolute Gasteiger partial charge is 0.452 e. The van der Waals surface area contributed by atoms with E-state index in [0.717, 1.165) is 18.9 Å². The lowest BCUT2D eigenvalue weighted by Gasteiger charge is -2.22. The lowest BCUT2D eigenvalue weighted by molar-refractivity contribution is -0.333. The molecule has 0 saturated heterocycles. The van der Waals surface area contributed by atoms with Crippen molar-refractivity contribution < 1.29 is 28.1 Å². The van der Waals surface area contributed by atoms with Gasteiger partial charge in [0.1, 0.15) is 6.10 Å². The summed E-state index contributed by atoms with van der Waals surface area (Å²) < 4.78 is 36.4. The zero-order valence-corrected chi connectivity index (χ0v) is 8.79. The van der Waals surface area contributed by atoms with Crippen LogP contribution < -0.4 is 0 Å². The molecule has 0 aliphatic carbocycles. The van der Waals surface area contributed by atoms with E-state index in [4.69, 9.17) is 5.11 Å². The zero-order chi connectivity index (χ0) is 12.0. The first-order valence-corrected chi connectivity index (χ1v) is 5.25. The van der Waals surface area contributed by atoms with Gasteiger partial charge in [0.2, 0.25) is 5.76 Å². The molecule has 1 heterocycles. The van der Waals surface area contributed by atoms with E-state index in [1.165, 1.54) is 0 Å². The third-order valence-corrected chi connectivity index (χ3v) is 2.30. The molecule has 0 fully saturated rings. The van der Waals surface area contributed by atoms with Gasteiger partial charge in [0, 0.05) is 6.61 Å². The van der Waals surface area contributed by atoms with Gasteiger partial charge in [0.25, 0.3) is 0 Å². The Morgan fingerprint density at radius 3 is 2.56 bits per heavy atom. The molecule has 0 saturated carbocycles. The van der Waals surface area contributed by atoms with E-state index in [1.807, 2.05) is 0 Å². The van der Waals surface area contributed by atoms with Crippen LogP contribution in [0.2, 0.25) is 0 Å². The predicted octanol–water partition coefficient (Wildman–Crippen LogP) is 2.71. The summed E-state index contributed by atoms with van der Waals surface area (Å²) in [7, 11) is 0. The lowest BCUT2D eigenvalue weighted by Crippen LogP contribution is -2.24. The fraction of sp³-hybridized carbons (Fsp3) is 0.800. The Hall–Kier alpha value is -0.750. The number of alkyl halides is 3. The first-order valence-electron chi connectivity index (χ1n) is 5.25. The minimum Gasteiger partial charge on any atom is -0.396 e. The van der Waals surface area contributed by atoms with Crippen LogP contribution in [0, 0.1) is 0 Å². The topological polar surface area (TPSA) is 38.7 Å². The van der Waals surface area contributed by atoms with E-state index in [2.05, 4.69) is 9.78 Å². The van der Waals surface area contributed by atoms with Crippen LogP contribution in [-0.4, -0.2) is 24.0 Å². The molecule has 16 heavy (non-hydrogen) atoms. The number of hydrogen-bond acceptors (Lipinski definition) is 3. The molecule has 0 amide bonds. The molecule has 0 spiro atoms. The smallest absolute Gasteiger partial charge is 0.396 e. The standard InChI is InChI=1S/C10H15F3O3/c11-10(12,13)9-6-5-8(15-16-9)4-2-1-3-7-14/h6,8,14H,1-5,7H2. The van der Waals surface area contributed by atoms with Gasteiger partial charge in [-0.05, 0) is 25.3 Å². The molecule has 0 aromatic heterocycles. The van der Waals surface area contributed by atoms with Crippen LogP contribution in [0.15, 0.2) is 11.8 Å². The number of hydrogen-bond donors (Lipinski definition) is 1. The van der Waals surface area contributed by atoms with Crippen molar-refractivity contribution in [2.45, 2.75) is 44.4 Å². The van der Waals surface area contributed by atoms with Gasteiger partial charge < -0.3 is 9.99 Å². The Morgan fingerprint density at radius 1 is 1.31 bits per heavy atom. The van der Waals surface area contributed by atoms with E-state index in [9.17, 15) is 13.2 Å². The highest BCUT2D eigenvalue weighted by Gasteiger charge is 2.39. The molecule has 6 heteroatoms. The van der Waals surface area contributed by atoms with Crippen molar-refractivity contribution in [3.8, 4) is 0 Å². The van der Waals surface area contributed by atoms with Gasteiger partial charge in [0.15, 0.2) is 0 Å². The minimum absolute atomic E-state index is 0.139. The van der Waals surface area contributed by atoms with Gasteiger partial charge in [-0.3, -0.25) is 0 Å². The molecule has 3 nitrogen and oxygen atoms in total. The van der Waals surface area contributed by atoms with Crippen LogP contribution in [-0.2, 0) is 9.78 Å². The Balaban J connectivity index is 2.23. The number of halogens is 3. The molecule has 0 aromatic carbocycles. The van der Waals surface area contributed by atoms with Crippen molar-refractivity contribution in [1.82, 2.24) is 0 Å². The quantitative estimate of drug-likeness (QED) is 0.593. The van der Waals surface area contributed by atoms with Gasteiger partial charge in [-0.25, -0.2) is 0 Å².